The fraction of sp³-hybridized carbons (Fsp3) is 0.143. The molecule has 0 spiro atoms. The van der Waals surface area contributed by atoms with Crippen LogP contribution in [0.3, 0.4) is 0 Å². The molecule has 0 N–H and O–H groups in total. The minimum absolute atomic E-state index is 0.302. The number of rotatable bonds is 0. The Balaban J connectivity index is 1.51. The van der Waals surface area contributed by atoms with Crippen LogP contribution in [0.25, 0.3) is 0 Å². The molecule has 0 radical (unpaired) electrons. The first-order valence-electron chi connectivity index (χ1n) is 8.78. The van der Waals surface area contributed by atoms with Crippen molar-refractivity contribution >= 4 is 8.29 Å². The van der Waals surface area contributed by atoms with Crippen molar-refractivity contribution in [1.29, 1.82) is 0 Å². The molecule has 0 saturated heterocycles. The normalized spacial score (nSPS) is 19.9. The molecular formula is C21H16N4OPt-2. The van der Waals surface area contributed by atoms with E-state index in [1.54, 1.807) is 0 Å². The van der Waals surface area contributed by atoms with Gasteiger partial charge in [-0.3, -0.25) is 0 Å². The molecule has 5 nitrogen and oxygen atoms in total. The van der Waals surface area contributed by atoms with Gasteiger partial charge in [-0.2, -0.15) is 0 Å². The van der Waals surface area contributed by atoms with Crippen molar-refractivity contribution in [2.45, 2.75) is 13.1 Å². The van der Waals surface area contributed by atoms with Crippen molar-refractivity contribution in [3.8, 4) is 11.5 Å². The van der Waals surface area contributed by atoms with E-state index in [9.17, 15) is 0 Å². The Hall–Kier alpha value is -2.65. The molecule has 2 aromatic carbocycles. The van der Waals surface area contributed by atoms with Crippen molar-refractivity contribution in [3.63, 3.8) is 0 Å². The molecule has 4 aliphatic rings. The summed E-state index contributed by atoms with van der Waals surface area (Å²) < 4.78 is 8.89. The third kappa shape index (κ3) is 2.65. The maximum atomic E-state index is 6.04. The van der Waals surface area contributed by atoms with Crippen molar-refractivity contribution < 1.29 is 22.4 Å². The second-order valence-corrected chi connectivity index (χ2v) is 9.28. The second kappa shape index (κ2) is 5.93. The summed E-state index contributed by atoms with van der Waals surface area (Å²) in [4.78, 5) is 9.46. The number of benzene rings is 2. The molecule has 0 amide bonds. The maximum absolute atomic E-state index is 6.04. The van der Waals surface area contributed by atoms with Gasteiger partial charge in [0, 0.05) is 0 Å². The summed E-state index contributed by atoms with van der Waals surface area (Å²) in [5.41, 5.74) is 2.25. The predicted octanol–water partition coefficient (Wildman–Crippen LogP) is 2.50. The van der Waals surface area contributed by atoms with E-state index in [4.69, 9.17) is 4.74 Å². The zero-order chi connectivity index (χ0) is 17.8. The average molecular weight is 535 g/mol. The number of nitrogens with zero attached hydrogens (tertiary/aromatic N) is 4. The van der Waals surface area contributed by atoms with Gasteiger partial charge in [0.1, 0.15) is 0 Å². The van der Waals surface area contributed by atoms with Gasteiger partial charge in [0.25, 0.3) is 0 Å². The first kappa shape index (κ1) is 15.4. The monoisotopic (exact) mass is 535 g/mol. The van der Waals surface area contributed by atoms with E-state index in [1.165, 1.54) is 8.29 Å². The van der Waals surface area contributed by atoms with E-state index in [0.717, 1.165) is 42.4 Å². The Morgan fingerprint density at radius 1 is 0.704 bits per heavy atom. The van der Waals surface area contributed by atoms with Gasteiger partial charge < -0.3 is 0 Å². The molecule has 4 aliphatic heterocycles. The van der Waals surface area contributed by atoms with Gasteiger partial charge in [0.2, 0.25) is 0 Å². The van der Waals surface area contributed by atoms with Crippen LogP contribution in [0.5, 0.6) is 11.5 Å². The molecule has 0 saturated carbocycles. The van der Waals surface area contributed by atoms with Crippen LogP contribution in [0.1, 0.15) is 11.1 Å². The zero-order valence-corrected chi connectivity index (χ0v) is 16.7. The van der Waals surface area contributed by atoms with E-state index >= 15 is 0 Å². The molecule has 0 fully saturated rings. The van der Waals surface area contributed by atoms with Gasteiger partial charge in [0.05, 0.1) is 0 Å². The first-order valence-corrected chi connectivity index (χ1v) is 11.1. The average Bonchev–Trinajstić information content (AvgIpc) is 3.24. The molecule has 0 atom stereocenters. The van der Waals surface area contributed by atoms with E-state index < -0.39 is 0 Å². The fourth-order valence-electron chi connectivity index (χ4n) is 3.49. The summed E-state index contributed by atoms with van der Waals surface area (Å²) in [6, 6.07) is 19.0. The van der Waals surface area contributed by atoms with Gasteiger partial charge in [-0.1, -0.05) is 0 Å². The van der Waals surface area contributed by atoms with Gasteiger partial charge in [-0.25, -0.2) is 0 Å². The summed E-state index contributed by atoms with van der Waals surface area (Å²) in [6.07, 6.45) is 8.77. The van der Waals surface area contributed by atoms with Crippen molar-refractivity contribution in [2.75, 3.05) is 6.67 Å². The number of ether oxygens (including phenoxy) is 1. The summed E-state index contributed by atoms with van der Waals surface area (Å²) in [5.74, 6) is 1.47. The van der Waals surface area contributed by atoms with E-state index in [1.807, 2.05) is 24.3 Å². The van der Waals surface area contributed by atoms with Crippen molar-refractivity contribution in [3.05, 3.63) is 84.5 Å². The second-order valence-electron chi connectivity index (χ2n) is 6.68. The SMILES string of the molecule is [c-]1c2cccc1Oc1[c-]c(ccc1)CN1C=CN3CN4C=CN(C2)[C]4=[Pt]=[C]13. The molecule has 0 unspecified atom stereocenters. The Bertz CT molecular complexity index is 990. The summed E-state index contributed by atoms with van der Waals surface area (Å²) in [6.45, 7) is 2.50. The van der Waals surface area contributed by atoms with Crippen LogP contribution in [0.2, 0.25) is 0 Å². The Morgan fingerprint density at radius 3 is 1.78 bits per heavy atom. The molecule has 0 aromatic heterocycles. The minimum atomic E-state index is -0.302. The van der Waals surface area contributed by atoms with Crippen LogP contribution in [0, 0.1) is 12.1 Å². The fourth-order valence-corrected chi connectivity index (χ4v) is 6.61. The number of fused-ring (bicyclic) bond motifs is 4. The van der Waals surface area contributed by atoms with Gasteiger partial charge in [-0.15, -0.1) is 0 Å². The molecule has 138 valence electrons. The molecular weight excluding hydrogens is 519 g/mol. The quantitative estimate of drug-likeness (QED) is 0.483. The predicted molar refractivity (Wildman–Crippen MR) is 98.6 cm³/mol. The molecule has 0 aliphatic carbocycles. The zero-order valence-electron chi connectivity index (χ0n) is 14.4. The van der Waals surface area contributed by atoms with E-state index in [0.29, 0.717) is 0 Å². The molecule has 4 heterocycles. The summed E-state index contributed by atoms with van der Waals surface area (Å²) in [5, 5.41) is 0. The van der Waals surface area contributed by atoms with Crippen molar-refractivity contribution in [1.82, 2.24) is 19.6 Å². The Labute approximate surface area is 165 Å². The molecule has 2 aromatic rings. The Kier molecular flexibility index (Phi) is 3.38. The van der Waals surface area contributed by atoms with Crippen LogP contribution in [0.4, 0.5) is 0 Å². The molecule has 27 heavy (non-hydrogen) atoms. The van der Waals surface area contributed by atoms with Crippen LogP contribution >= 0.6 is 0 Å². The van der Waals surface area contributed by atoms with Gasteiger partial charge in [-0.05, 0) is 0 Å². The van der Waals surface area contributed by atoms with E-state index in [2.05, 4.69) is 68.7 Å². The topological polar surface area (TPSA) is 22.2 Å². The molecule has 6 bridgehead atoms. The van der Waals surface area contributed by atoms with Crippen molar-refractivity contribution in [2.24, 2.45) is 0 Å². The van der Waals surface area contributed by atoms with Gasteiger partial charge in [0.15, 0.2) is 0 Å². The summed E-state index contributed by atoms with van der Waals surface area (Å²) in [7, 11) is 0. The third-order valence-electron chi connectivity index (χ3n) is 4.74. The van der Waals surface area contributed by atoms with Crippen LogP contribution in [-0.2, 0) is 30.7 Å². The van der Waals surface area contributed by atoms with Crippen LogP contribution in [0.15, 0.2) is 61.2 Å². The molecule has 6 rings (SSSR count). The Morgan fingerprint density at radius 2 is 1.22 bits per heavy atom. The first-order chi connectivity index (χ1) is 13.3. The van der Waals surface area contributed by atoms with Crippen LogP contribution in [-0.4, -0.2) is 34.6 Å². The molecule has 6 heteroatoms. The van der Waals surface area contributed by atoms with E-state index in [-0.39, 0.29) is 17.6 Å². The van der Waals surface area contributed by atoms with Gasteiger partial charge >= 0.3 is 166 Å². The standard InChI is InChI=1S/C21H16N4O.Pt/c1-3-18-11-20(5-1)26-21-6-2-4-19(12-21)14-23-8-10-25(16-23)17-24-9-7-22(13-18)15-24;/h1-10H,13-14,17H2;/q-2;. The summed E-state index contributed by atoms with van der Waals surface area (Å²) >= 11 is -0.302. The third-order valence-corrected chi connectivity index (χ3v) is 8.36. The number of hydrogen-bond acceptors (Lipinski definition) is 5. The van der Waals surface area contributed by atoms with Crippen LogP contribution < -0.4 is 4.74 Å². The number of hydrogen-bond donors (Lipinski definition) is 0.